The first-order chi connectivity index (χ1) is 11.5. The van der Waals surface area contributed by atoms with Crippen LogP contribution in [0.1, 0.15) is 49.5 Å². The maximum Gasteiger partial charge on any atom is 0.259 e. The molecule has 3 heterocycles. The highest BCUT2D eigenvalue weighted by atomic mass is 35.5. The van der Waals surface area contributed by atoms with Crippen molar-refractivity contribution in [2.75, 3.05) is 19.6 Å². The lowest BCUT2D eigenvalue weighted by Crippen LogP contribution is -2.50. The molecule has 0 radical (unpaired) electrons. The number of H-pyrrole nitrogens is 1. The molecule has 1 aliphatic carbocycles. The van der Waals surface area contributed by atoms with Crippen molar-refractivity contribution in [3.05, 3.63) is 26.6 Å². The molecule has 2 aromatic rings. The summed E-state index contributed by atoms with van der Waals surface area (Å²) in [5.41, 5.74) is 1.31. The minimum atomic E-state index is 0. The fourth-order valence-corrected chi connectivity index (χ4v) is 5.54. The van der Waals surface area contributed by atoms with Gasteiger partial charge in [0, 0.05) is 30.6 Å². The van der Waals surface area contributed by atoms with Gasteiger partial charge in [0.2, 0.25) is 0 Å². The highest BCUT2D eigenvalue weighted by Gasteiger charge is 2.27. The molecule has 2 aromatic heterocycles. The van der Waals surface area contributed by atoms with Crippen molar-refractivity contribution < 1.29 is 0 Å². The maximum atomic E-state index is 12.8. The molecule has 1 fully saturated rings. The smallest absolute Gasteiger partial charge is 0.259 e. The van der Waals surface area contributed by atoms with Gasteiger partial charge in [0.1, 0.15) is 10.7 Å². The molecule has 2 N–H and O–H groups in total. The van der Waals surface area contributed by atoms with E-state index in [1.165, 1.54) is 16.9 Å². The zero-order valence-corrected chi connectivity index (χ0v) is 16.7. The summed E-state index contributed by atoms with van der Waals surface area (Å²) in [4.78, 5) is 25.5. The van der Waals surface area contributed by atoms with E-state index >= 15 is 0 Å². The molecule has 4 rings (SSSR count). The largest absolute Gasteiger partial charge is 0.314 e. The molecule has 25 heavy (non-hydrogen) atoms. The second-order valence-electron chi connectivity index (χ2n) is 7.45. The highest BCUT2D eigenvalue weighted by Crippen LogP contribution is 2.36. The second kappa shape index (κ2) is 7.35. The average Bonchev–Trinajstić information content (AvgIpc) is 2.92. The van der Waals surface area contributed by atoms with Gasteiger partial charge >= 0.3 is 0 Å². The molecule has 138 valence electrons. The lowest BCUT2D eigenvalue weighted by molar-refractivity contribution is 0.121. The van der Waals surface area contributed by atoms with E-state index in [1.54, 1.807) is 11.3 Å². The Hall–Kier alpha value is -0.950. The molecule has 1 aliphatic heterocycles. The number of aromatic amines is 1. The summed E-state index contributed by atoms with van der Waals surface area (Å²) >= 11 is 1.73. The Morgan fingerprint density at radius 3 is 2.92 bits per heavy atom. The van der Waals surface area contributed by atoms with Crippen LogP contribution in [-0.4, -0.2) is 40.5 Å². The SMILES string of the molecule is CC1CCc2c(sc3nc(C(C)N4CCNC[C@@H]4C)[nH]c(=O)c23)C1.Cl. The van der Waals surface area contributed by atoms with Crippen LogP contribution in [0.15, 0.2) is 4.79 Å². The summed E-state index contributed by atoms with van der Waals surface area (Å²) in [7, 11) is 0. The van der Waals surface area contributed by atoms with E-state index in [2.05, 4.69) is 36.0 Å². The zero-order valence-electron chi connectivity index (χ0n) is 15.1. The van der Waals surface area contributed by atoms with Gasteiger partial charge in [0.05, 0.1) is 11.4 Å². The third kappa shape index (κ3) is 3.37. The molecular formula is C18H27ClN4OS. The normalized spacial score (nSPS) is 25.4. The number of piperazine rings is 1. The monoisotopic (exact) mass is 382 g/mol. The Morgan fingerprint density at radius 2 is 2.16 bits per heavy atom. The van der Waals surface area contributed by atoms with Gasteiger partial charge in [-0.05, 0) is 44.6 Å². The number of hydrogen-bond donors (Lipinski definition) is 2. The standard InChI is InChI=1S/C18H26N4OS.ClH/c1-10-4-5-13-14(8-10)24-18-15(13)17(23)20-16(21-18)12(3)22-7-6-19-9-11(22)2;/h10-12,19H,4-9H2,1-3H3,(H,20,21,23);1H/t10?,11-,12?;/m0./s1. The van der Waals surface area contributed by atoms with Gasteiger partial charge in [-0.15, -0.1) is 23.7 Å². The lowest BCUT2D eigenvalue weighted by Gasteiger charge is -2.37. The van der Waals surface area contributed by atoms with Crippen molar-refractivity contribution >= 4 is 34.0 Å². The summed E-state index contributed by atoms with van der Waals surface area (Å²) in [6, 6.07) is 0.587. The summed E-state index contributed by atoms with van der Waals surface area (Å²) in [6.07, 6.45) is 3.29. The first kappa shape index (κ1) is 18.8. The van der Waals surface area contributed by atoms with E-state index in [0.717, 1.165) is 48.5 Å². The fraction of sp³-hybridized carbons (Fsp3) is 0.667. The summed E-state index contributed by atoms with van der Waals surface area (Å²) in [5, 5.41) is 4.27. The Morgan fingerprint density at radius 1 is 1.36 bits per heavy atom. The predicted octanol–water partition coefficient (Wildman–Crippen LogP) is 2.89. The number of fused-ring (bicyclic) bond motifs is 3. The molecule has 1 saturated heterocycles. The van der Waals surface area contributed by atoms with Crippen molar-refractivity contribution in [3.63, 3.8) is 0 Å². The molecule has 2 aliphatic rings. The Balaban J connectivity index is 0.00000182. The molecule has 7 heteroatoms. The van der Waals surface area contributed by atoms with E-state index in [4.69, 9.17) is 4.98 Å². The number of rotatable bonds is 2. The molecule has 0 aromatic carbocycles. The molecule has 2 unspecified atom stereocenters. The summed E-state index contributed by atoms with van der Waals surface area (Å²) in [5.74, 6) is 1.53. The Kier molecular flexibility index (Phi) is 5.54. The summed E-state index contributed by atoms with van der Waals surface area (Å²) in [6.45, 7) is 9.65. The van der Waals surface area contributed by atoms with Gasteiger partial charge in [-0.3, -0.25) is 9.69 Å². The first-order valence-corrected chi connectivity index (χ1v) is 9.87. The number of nitrogens with zero attached hydrogens (tertiary/aromatic N) is 2. The average molecular weight is 383 g/mol. The van der Waals surface area contributed by atoms with E-state index in [9.17, 15) is 4.79 Å². The third-order valence-corrected chi connectivity index (χ3v) is 6.78. The zero-order chi connectivity index (χ0) is 16.8. The van der Waals surface area contributed by atoms with Gasteiger partial charge in [-0.1, -0.05) is 6.92 Å². The lowest BCUT2D eigenvalue weighted by atomic mass is 9.89. The van der Waals surface area contributed by atoms with Crippen LogP contribution in [-0.2, 0) is 12.8 Å². The van der Waals surface area contributed by atoms with Crippen molar-refractivity contribution in [2.45, 2.75) is 52.1 Å². The maximum absolute atomic E-state index is 12.8. The van der Waals surface area contributed by atoms with Crippen LogP contribution < -0.4 is 10.9 Å². The topological polar surface area (TPSA) is 61.0 Å². The third-order valence-electron chi connectivity index (χ3n) is 5.63. The van der Waals surface area contributed by atoms with Crippen LogP contribution in [0, 0.1) is 5.92 Å². The van der Waals surface area contributed by atoms with Crippen LogP contribution in [0.2, 0.25) is 0 Å². The molecule has 0 saturated carbocycles. The van der Waals surface area contributed by atoms with Crippen LogP contribution in [0.4, 0.5) is 0 Å². The van der Waals surface area contributed by atoms with Gasteiger partial charge < -0.3 is 10.3 Å². The van der Waals surface area contributed by atoms with Crippen LogP contribution >= 0.6 is 23.7 Å². The van der Waals surface area contributed by atoms with Crippen molar-refractivity contribution in [1.29, 1.82) is 0 Å². The van der Waals surface area contributed by atoms with Crippen molar-refractivity contribution in [3.8, 4) is 0 Å². The quantitative estimate of drug-likeness (QED) is 0.838. The number of hydrogen-bond acceptors (Lipinski definition) is 5. The molecule has 3 atom stereocenters. The van der Waals surface area contributed by atoms with Crippen LogP contribution in [0.3, 0.4) is 0 Å². The molecular weight excluding hydrogens is 356 g/mol. The number of aryl methyl sites for hydroxylation is 1. The minimum absolute atomic E-state index is 0. The predicted molar refractivity (Wildman–Crippen MR) is 106 cm³/mol. The van der Waals surface area contributed by atoms with Crippen LogP contribution in [0.5, 0.6) is 0 Å². The van der Waals surface area contributed by atoms with Gasteiger partial charge in [0.15, 0.2) is 0 Å². The molecule has 0 amide bonds. The van der Waals surface area contributed by atoms with E-state index in [1.807, 2.05) is 0 Å². The molecule has 5 nitrogen and oxygen atoms in total. The number of aromatic nitrogens is 2. The fourth-order valence-electron chi connectivity index (χ4n) is 4.15. The first-order valence-electron chi connectivity index (χ1n) is 9.05. The minimum Gasteiger partial charge on any atom is -0.314 e. The van der Waals surface area contributed by atoms with E-state index < -0.39 is 0 Å². The van der Waals surface area contributed by atoms with Gasteiger partial charge in [0.25, 0.3) is 5.56 Å². The van der Waals surface area contributed by atoms with Gasteiger partial charge in [-0.2, -0.15) is 0 Å². The number of thiophene rings is 1. The Bertz CT molecular complexity index is 817. The van der Waals surface area contributed by atoms with Crippen molar-refractivity contribution in [2.24, 2.45) is 5.92 Å². The van der Waals surface area contributed by atoms with E-state index in [0.29, 0.717) is 12.0 Å². The van der Waals surface area contributed by atoms with Crippen molar-refractivity contribution in [1.82, 2.24) is 20.2 Å². The second-order valence-corrected chi connectivity index (χ2v) is 8.53. The highest BCUT2D eigenvalue weighted by molar-refractivity contribution is 7.18. The van der Waals surface area contributed by atoms with E-state index in [-0.39, 0.29) is 24.0 Å². The molecule has 0 bridgehead atoms. The molecule has 0 spiro atoms. The number of nitrogens with one attached hydrogen (secondary N) is 2. The van der Waals surface area contributed by atoms with Crippen LogP contribution in [0.25, 0.3) is 10.2 Å². The summed E-state index contributed by atoms with van der Waals surface area (Å²) < 4.78 is 0. The van der Waals surface area contributed by atoms with Gasteiger partial charge in [-0.25, -0.2) is 4.98 Å². The number of halogens is 1. The Labute approximate surface area is 158 Å².